The van der Waals surface area contributed by atoms with Crippen LogP contribution in [0.2, 0.25) is 0 Å². The average molecular weight is 345 g/mol. The second kappa shape index (κ2) is 6.28. The topological polar surface area (TPSA) is 83.2 Å². The van der Waals surface area contributed by atoms with E-state index in [0.717, 1.165) is 5.56 Å². The summed E-state index contributed by atoms with van der Waals surface area (Å²) < 4.78 is 6.31. The first-order valence-electron chi connectivity index (χ1n) is 5.88. The van der Waals surface area contributed by atoms with Crippen molar-refractivity contribution < 1.29 is 14.6 Å². The fraction of sp³-hybridized carbons (Fsp3) is 0.133. The van der Waals surface area contributed by atoms with Crippen LogP contribution in [0.4, 0.5) is 0 Å². The quantitative estimate of drug-likeness (QED) is 0.674. The van der Waals surface area contributed by atoms with Gasteiger partial charge in [-0.25, -0.2) is 0 Å². The summed E-state index contributed by atoms with van der Waals surface area (Å²) in [5, 5.41) is 18.2. The Kier molecular flexibility index (Phi) is 4.45. The molecule has 0 saturated carbocycles. The summed E-state index contributed by atoms with van der Waals surface area (Å²) in [6, 6.07) is 7.09. The van der Waals surface area contributed by atoms with Gasteiger partial charge in [0.2, 0.25) is 0 Å². The van der Waals surface area contributed by atoms with Crippen molar-refractivity contribution in [2.24, 2.45) is 0 Å². The van der Waals surface area contributed by atoms with Crippen molar-refractivity contribution in [3.63, 3.8) is 0 Å². The second-order valence-corrected chi connectivity index (χ2v) is 6.15. The van der Waals surface area contributed by atoms with E-state index >= 15 is 0 Å². The summed E-state index contributed by atoms with van der Waals surface area (Å²) in [5.74, 6) is 1.80. The molecule has 0 unspecified atom stereocenters. The number of hydrogen-bond donors (Lipinski definition) is 1. The molecule has 6 heteroatoms. The number of ether oxygens (including phenoxy) is 1. The number of carbonyl (C=O) groups is 1. The zero-order valence-corrected chi connectivity index (χ0v) is 12.8. The summed E-state index contributed by atoms with van der Waals surface area (Å²) in [7, 11) is 0. The van der Waals surface area contributed by atoms with Crippen LogP contribution in [0.15, 0.2) is 18.2 Å². The summed E-state index contributed by atoms with van der Waals surface area (Å²) in [4.78, 5) is 15.4. The number of aromatic nitrogens is 1. The SMILES string of the molecule is C#CCOc1ccc(-c2nc(C)c(C(=O)O)[se]2)cc1C#N. The monoisotopic (exact) mass is 346 g/mol. The number of nitriles is 1. The molecule has 0 aliphatic heterocycles. The molecule has 1 aromatic heterocycles. The number of hydrogen-bond acceptors (Lipinski definition) is 4. The van der Waals surface area contributed by atoms with Gasteiger partial charge in [0.1, 0.15) is 0 Å². The molecule has 104 valence electrons. The van der Waals surface area contributed by atoms with E-state index in [1.54, 1.807) is 25.1 Å². The van der Waals surface area contributed by atoms with Crippen LogP contribution in [0.1, 0.15) is 20.5 Å². The van der Waals surface area contributed by atoms with E-state index in [1.165, 1.54) is 0 Å². The minimum atomic E-state index is -0.944. The van der Waals surface area contributed by atoms with Crippen LogP contribution in [0.3, 0.4) is 0 Å². The molecular weight excluding hydrogens is 335 g/mol. The molecule has 0 aliphatic carbocycles. The van der Waals surface area contributed by atoms with Crippen LogP contribution < -0.4 is 4.74 Å². The minimum absolute atomic E-state index is 0.0860. The summed E-state index contributed by atoms with van der Waals surface area (Å²) in [6.07, 6.45) is 5.12. The first-order valence-corrected chi connectivity index (χ1v) is 7.59. The van der Waals surface area contributed by atoms with Crippen LogP contribution in [0, 0.1) is 30.6 Å². The molecule has 0 bridgehead atoms. The molecule has 1 heterocycles. The third kappa shape index (κ3) is 3.14. The normalized spacial score (nSPS) is 9.67. The molecule has 0 amide bonds. The fourth-order valence-electron chi connectivity index (χ4n) is 1.71. The number of terminal acetylenes is 1. The van der Waals surface area contributed by atoms with E-state index in [0.29, 0.717) is 26.0 Å². The average Bonchev–Trinajstić information content (AvgIpc) is 2.87. The van der Waals surface area contributed by atoms with Crippen molar-refractivity contribution in [3.05, 3.63) is 33.9 Å². The van der Waals surface area contributed by atoms with Crippen LogP contribution in [0.5, 0.6) is 5.75 Å². The number of benzene rings is 1. The van der Waals surface area contributed by atoms with E-state index in [-0.39, 0.29) is 21.1 Å². The molecule has 0 atom stereocenters. The zero-order valence-electron chi connectivity index (χ0n) is 11.1. The summed E-state index contributed by atoms with van der Waals surface area (Å²) in [5.41, 5.74) is 1.60. The Labute approximate surface area is 127 Å². The number of carboxylic acid groups (broad SMARTS) is 1. The van der Waals surface area contributed by atoms with Crippen molar-refractivity contribution in [1.29, 1.82) is 5.26 Å². The molecule has 2 aromatic rings. The van der Waals surface area contributed by atoms with E-state index < -0.39 is 5.97 Å². The Morgan fingerprint density at radius 2 is 2.33 bits per heavy atom. The van der Waals surface area contributed by atoms with Crippen molar-refractivity contribution >= 4 is 20.5 Å². The Bertz CT molecular complexity index is 781. The predicted molar refractivity (Wildman–Crippen MR) is 77.4 cm³/mol. The Morgan fingerprint density at radius 3 is 2.90 bits per heavy atom. The Morgan fingerprint density at radius 1 is 1.57 bits per heavy atom. The van der Waals surface area contributed by atoms with Gasteiger partial charge in [-0.05, 0) is 0 Å². The molecule has 0 aliphatic rings. The zero-order chi connectivity index (χ0) is 15.4. The van der Waals surface area contributed by atoms with E-state index in [4.69, 9.17) is 21.5 Å². The third-order valence-electron chi connectivity index (χ3n) is 2.65. The first-order chi connectivity index (χ1) is 10.1. The second-order valence-electron chi connectivity index (χ2n) is 4.05. The standard InChI is InChI=1S/C15H10N2O3Se/c1-3-6-20-12-5-4-10(7-11(12)8-16)14-17-9(2)13(21-14)15(18)19/h1,4-5,7H,6H2,2H3,(H,18,19). The third-order valence-corrected chi connectivity index (χ3v) is 5.15. The predicted octanol–water partition coefficient (Wildman–Crippen LogP) is 1.70. The maximum absolute atomic E-state index is 11.1. The van der Waals surface area contributed by atoms with Crippen LogP contribution in [0.25, 0.3) is 10.1 Å². The number of nitrogens with zero attached hydrogens (tertiary/aromatic N) is 2. The van der Waals surface area contributed by atoms with Gasteiger partial charge < -0.3 is 0 Å². The number of carboxylic acids is 1. The molecule has 1 aromatic carbocycles. The molecule has 1 N–H and O–H groups in total. The molecular formula is C15H10N2O3Se. The van der Waals surface area contributed by atoms with Crippen LogP contribution in [-0.2, 0) is 0 Å². The van der Waals surface area contributed by atoms with Crippen molar-refractivity contribution in [2.45, 2.75) is 6.92 Å². The van der Waals surface area contributed by atoms with Gasteiger partial charge in [-0.3, -0.25) is 0 Å². The molecule has 0 saturated heterocycles. The van der Waals surface area contributed by atoms with Gasteiger partial charge in [0.15, 0.2) is 0 Å². The van der Waals surface area contributed by atoms with Crippen molar-refractivity contribution in [2.75, 3.05) is 6.61 Å². The molecule has 0 fully saturated rings. The van der Waals surface area contributed by atoms with Crippen molar-refractivity contribution in [3.8, 4) is 34.3 Å². The van der Waals surface area contributed by atoms with Gasteiger partial charge in [0, 0.05) is 0 Å². The molecule has 0 radical (unpaired) electrons. The number of aromatic carboxylic acids is 1. The van der Waals surface area contributed by atoms with Gasteiger partial charge in [-0.15, -0.1) is 0 Å². The van der Waals surface area contributed by atoms with Crippen molar-refractivity contribution in [1.82, 2.24) is 4.98 Å². The summed E-state index contributed by atoms with van der Waals surface area (Å²) in [6.45, 7) is 1.76. The number of aryl methyl sites for hydroxylation is 1. The first kappa shape index (κ1) is 14.9. The van der Waals surface area contributed by atoms with E-state index in [9.17, 15) is 4.79 Å². The molecule has 5 nitrogen and oxygen atoms in total. The molecule has 0 spiro atoms. The van der Waals surface area contributed by atoms with E-state index in [1.807, 2.05) is 6.07 Å². The maximum atomic E-state index is 11.1. The van der Waals surface area contributed by atoms with Gasteiger partial charge in [-0.1, -0.05) is 0 Å². The van der Waals surface area contributed by atoms with Gasteiger partial charge in [0.25, 0.3) is 0 Å². The molecule has 21 heavy (non-hydrogen) atoms. The van der Waals surface area contributed by atoms with Gasteiger partial charge >= 0.3 is 127 Å². The molecule has 2 rings (SSSR count). The van der Waals surface area contributed by atoms with Crippen LogP contribution in [-0.4, -0.2) is 37.2 Å². The van der Waals surface area contributed by atoms with Crippen LogP contribution >= 0.6 is 0 Å². The number of rotatable bonds is 4. The fourth-order valence-corrected chi connectivity index (χ4v) is 3.61. The Balaban J connectivity index is 2.42. The van der Waals surface area contributed by atoms with Gasteiger partial charge in [0.05, 0.1) is 0 Å². The summed E-state index contributed by atoms with van der Waals surface area (Å²) >= 11 is -0.371. The Hall–Kier alpha value is -2.53. The van der Waals surface area contributed by atoms with E-state index in [2.05, 4.69) is 10.9 Å². The van der Waals surface area contributed by atoms with Gasteiger partial charge in [-0.2, -0.15) is 0 Å².